The summed E-state index contributed by atoms with van der Waals surface area (Å²) in [7, 11) is 0. The Bertz CT molecular complexity index is 422. The molecule has 1 heterocycles. The lowest BCUT2D eigenvalue weighted by Gasteiger charge is -2.46. The van der Waals surface area contributed by atoms with Gasteiger partial charge in [-0.1, -0.05) is 27.7 Å². The molecule has 0 saturated carbocycles. The molecular formula is C16H30N4. The molecule has 0 aliphatic rings. The molecule has 1 aromatic heterocycles. The van der Waals surface area contributed by atoms with Crippen molar-refractivity contribution in [1.29, 1.82) is 0 Å². The Morgan fingerprint density at radius 2 is 1.75 bits per heavy atom. The molecule has 4 nitrogen and oxygen atoms in total. The van der Waals surface area contributed by atoms with E-state index in [-0.39, 0.29) is 11.6 Å². The lowest BCUT2D eigenvalue weighted by molar-refractivity contribution is 0.0626. The quantitative estimate of drug-likeness (QED) is 0.804. The van der Waals surface area contributed by atoms with Gasteiger partial charge in [0.05, 0.1) is 6.04 Å². The van der Waals surface area contributed by atoms with Crippen LogP contribution in [0.15, 0.2) is 12.3 Å². The summed E-state index contributed by atoms with van der Waals surface area (Å²) in [4.78, 5) is 6.73. The fraction of sp³-hybridized carbons (Fsp3) is 0.688. The Hall–Kier alpha value is -1.13. The maximum absolute atomic E-state index is 6.66. The summed E-state index contributed by atoms with van der Waals surface area (Å²) in [5.41, 5.74) is 14.7. The largest absolute Gasteiger partial charge is 0.383 e. The molecule has 0 radical (unpaired) electrons. The normalized spacial score (nSPS) is 13.8. The summed E-state index contributed by atoms with van der Waals surface area (Å²) in [6.45, 7) is 12.8. The van der Waals surface area contributed by atoms with Gasteiger partial charge in [0, 0.05) is 17.3 Å². The summed E-state index contributed by atoms with van der Waals surface area (Å²) in [5, 5.41) is 0. The molecule has 1 rings (SSSR count). The topological polar surface area (TPSA) is 68.2 Å². The Kier molecular flexibility index (Phi) is 5.96. The maximum atomic E-state index is 6.66. The summed E-state index contributed by atoms with van der Waals surface area (Å²) in [6.07, 6.45) is 3.79. The lowest BCUT2D eigenvalue weighted by atomic mass is 9.79. The first-order valence-corrected chi connectivity index (χ1v) is 7.69. The van der Waals surface area contributed by atoms with Crippen molar-refractivity contribution in [3.63, 3.8) is 0 Å². The number of nitrogen functional groups attached to an aromatic ring is 1. The fourth-order valence-corrected chi connectivity index (χ4v) is 3.33. The number of likely N-dealkylation sites (N-methyl/N-ethyl adjacent to an activating group) is 1. The SMILES string of the molecule is CCN(CC)C(CC)(CC)C(N)c1cc(C)cnc1N. The average Bonchev–Trinajstić information content (AvgIpc) is 2.46. The number of pyridine rings is 1. The molecule has 0 amide bonds. The molecule has 0 aliphatic heterocycles. The van der Waals surface area contributed by atoms with Crippen LogP contribution in [0.1, 0.15) is 57.7 Å². The van der Waals surface area contributed by atoms with E-state index in [1.165, 1.54) is 0 Å². The van der Waals surface area contributed by atoms with Crippen LogP contribution >= 0.6 is 0 Å². The van der Waals surface area contributed by atoms with Gasteiger partial charge in [-0.2, -0.15) is 0 Å². The van der Waals surface area contributed by atoms with Crippen molar-refractivity contribution in [1.82, 2.24) is 9.88 Å². The third-order valence-corrected chi connectivity index (χ3v) is 4.62. The van der Waals surface area contributed by atoms with Crippen LogP contribution in [-0.2, 0) is 0 Å². The van der Waals surface area contributed by atoms with Crippen LogP contribution < -0.4 is 11.5 Å². The van der Waals surface area contributed by atoms with Gasteiger partial charge in [0.15, 0.2) is 0 Å². The molecule has 0 aromatic carbocycles. The summed E-state index contributed by atoms with van der Waals surface area (Å²) < 4.78 is 0. The minimum absolute atomic E-state index is 0.0624. The zero-order chi connectivity index (χ0) is 15.3. The highest BCUT2D eigenvalue weighted by Gasteiger charge is 2.39. The number of anilines is 1. The first-order chi connectivity index (χ1) is 9.46. The van der Waals surface area contributed by atoms with Gasteiger partial charge in [-0.05, 0) is 44.5 Å². The Morgan fingerprint density at radius 1 is 1.20 bits per heavy atom. The molecule has 4 heteroatoms. The molecule has 0 saturated heterocycles. The molecule has 0 aliphatic carbocycles. The van der Waals surface area contributed by atoms with Crippen molar-refractivity contribution in [2.24, 2.45) is 5.73 Å². The van der Waals surface area contributed by atoms with Gasteiger partial charge < -0.3 is 11.5 Å². The van der Waals surface area contributed by atoms with E-state index in [1.54, 1.807) is 6.20 Å². The van der Waals surface area contributed by atoms with E-state index in [0.717, 1.165) is 37.1 Å². The number of hydrogen-bond donors (Lipinski definition) is 2. The minimum atomic E-state index is -0.121. The van der Waals surface area contributed by atoms with E-state index in [2.05, 4.69) is 43.6 Å². The van der Waals surface area contributed by atoms with Gasteiger partial charge in [0.1, 0.15) is 5.82 Å². The molecule has 1 aromatic rings. The highest BCUT2D eigenvalue weighted by molar-refractivity contribution is 5.44. The summed E-state index contributed by atoms with van der Waals surface area (Å²) >= 11 is 0. The Balaban J connectivity index is 3.29. The molecule has 4 N–H and O–H groups in total. The van der Waals surface area contributed by atoms with Gasteiger partial charge in [-0.15, -0.1) is 0 Å². The predicted octanol–water partition coefficient (Wildman–Crippen LogP) is 2.87. The number of rotatable bonds is 7. The van der Waals surface area contributed by atoms with E-state index < -0.39 is 0 Å². The highest BCUT2D eigenvalue weighted by atomic mass is 15.2. The molecule has 20 heavy (non-hydrogen) atoms. The summed E-state index contributed by atoms with van der Waals surface area (Å²) in [6, 6.07) is 1.96. The Morgan fingerprint density at radius 3 is 2.20 bits per heavy atom. The van der Waals surface area contributed by atoms with Gasteiger partial charge in [0.2, 0.25) is 0 Å². The zero-order valence-electron chi connectivity index (χ0n) is 13.6. The second-order valence-corrected chi connectivity index (χ2v) is 5.45. The van der Waals surface area contributed by atoms with Crippen molar-refractivity contribution in [2.75, 3.05) is 18.8 Å². The number of nitrogens with two attached hydrogens (primary N) is 2. The highest BCUT2D eigenvalue weighted by Crippen LogP contribution is 2.37. The van der Waals surface area contributed by atoms with E-state index in [4.69, 9.17) is 11.5 Å². The minimum Gasteiger partial charge on any atom is -0.383 e. The molecule has 0 bridgehead atoms. The molecule has 0 spiro atoms. The Labute approximate surface area is 123 Å². The number of hydrogen-bond acceptors (Lipinski definition) is 4. The summed E-state index contributed by atoms with van der Waals surface area (Å²) in [5.74, 6) is 0.557. The molecule has 114 valence electrons. The molecule has 1 atom stereocenters. The first kappa shape index (κ1) is 16.9. The van der Waals surface area contributed by atoms with Gasteiger partial charge in [0.25, 0.3) is 0 Å². The fourth-order valence-electron chi connectivity index (χ4n) is 3.33. The van der Waals surface area contributed by atoms with Crippen LogP contribution in [0.2, 0.25) is 0 Å². The average molecular weight is 278 g/mol. The molecule has 0 fully saturated rings. The second kappa shape index (κ2) is 7.04. The molecule has 1 unspecified atom stereocenters. The number of nitrogens with zero attached hydrogens (tertiary/aromatic N) is 2. The number of aromatic nitrogens is 1. The van der Waals surface area contributed by atoms with Crippen LogP contribution in [0.5, 0.6) is 0 Å². The van der Waals surface area contributed by atoms with Crippen molar-refractivity contribution in [3.8, 4) is 0 Å². The van der Waals surface area contributed by atoms with E-state index >= 15 is 0 Å². The third-order valence-electron chi connectivity index (χ3n) is 4.62. The van der Waals surface area contributed by atoms with Gasteiger partial charge in [-0.25, -0.2) is 4.98 Å². The van der Waals surface area contributed by atoms with Crippen LogP contribution in [0.4, 0.5) is 5.82 Å². The van der Waals surface area contributed by atoms with Crippen LogP contribution in [-0.4, -0.2) is 28.5 Å². The van der Waals surface area contributed by atoms with Crippen molar-refractivity contribution in [2.45, 2.75) is 59.0 Å². The van der Waals surface area contributed by atoms with Crippen LogP contribution in [0.25, 0.3) is 0 Å². The maximum Gasteiger partial charge on any atom is 0.128 e. The van der Waals surface area contributed by atoms with E-state index in [0.29, 0.717) is 5.82 Å². The molecular weight excluding hydrogens is 248 g/mol. The van der Waals surface area contributed by atoms with Crippen LogP contribution in [0.3, 0.4) is 0 Å². The smallest absolute Gasteiger partial charge is 0.128 e. The zero-order valence-corrected chi connectivity index (χ0v) is 13.6. The third kappa shape index (κ3) is 2.96. The van der Waals surface area contributed by atoms with Crippen molar-refractivity contribution in [3.05, 3.63) is 23.4 Å². The van der Waals surface area contributed by atoms with Crippen molar-refractivity contribution < 1.29 is 0 Å². The monoisotopic (exact) mass is 278 g/mol. The van der Waals surface area contributed by atoms with Crippen LogP contribution in [0, 0.1) is 6.92 Å². The predicted molar refractivity (Wildman–Crippen MR) is 86.5 cm³/mol. The number of aryl methyl sites for hydroxylation is 1. The lowest BCUT2D eigenvalue weighted by Crippen LogP contribution is -2.55. The second-order valence-electron chi connectivity index (χ2n) is 5.45. The van der Waals surface area contributed by atoms with Gasteiger partial charge in [-0.3, -0.25) is 4.90 Å². The first-order valence-electron chi connectivity index (χ1n) is 7.69. The van der Waals surface area contributed by atoms with E-state index in [9.17, 15) is 0 Å². The van der Waals surface area contributed by atoms with E-state index in [1.807, 2.05) is 6.92 Å². The van der Waals surface area contributed by atoms with Gasteiger partial charge >= 0.3 is 0 Å². The standard InChI is InChI=1S/C16H30N4/c1-6-16(7-2,20(8-3)9-4)14(17)13-10-12(5)11-19-15(13)18/h10-11,14H,6-9,17H2,1-5H3,(H2,18,19). The van der Waals surface area contributed by atoms with Crippen molar-refractivity contribution >= 4 is 5.82 Å².